The first-order valence-electron chi connectivity index (χ1n) is 6.65. The molecule has 2 rings (SSSR count). The molecule has 0 aliphatic rings. The van der Waals surface area contributed by atoms with Gasteiger partial charge in [0.25, 0.3) is 0 Å². The van der Waals surface area contributed by atoms with Crippen LogP contribution < -0.4 is 4.74 Å². The standard InChI is InChI=1S/C16H13Br3O4/c17-10-6-13(18)15(14(19)7-10)16(21)23-9-11(20)8-22-12-4-2-1-3-5-12/h1-7,11,20H,8-9H2. The lowest BCUT2D eigenvalue weighted by Gasteiger charge is -2.14. The van der Waals surface area contributed by atoms with Crippen molar-refractivity contribution in [3.8, 4) is 5.75 Å². The molecular weight excluding hydrogens is 496 g/mol. The zero-order chi connectivity index (χ0) is 16.8. The quantitative estimate of drug-likeness (QED) is 0.581. The van der Waals surface area contributed by atoms with Gasteiger partial charge in [-0.15, -0.1) is 0 Å². The summed E-state index contributed by atoms with van der Waals surface area (Å²) in [6, 6.07) is 12.6. The van der Waals surface area contributed by atoms with Gasteiger partial charge in [-0.1, -0.05) is 34.1 Å². The molecular formula is C16H13Br3O4. The first-order valence-corrected chi connectivity index (χ1v) is 9.03. The predicted octanol–water partition coefficient (Wildman–Crippen LogP) is 4.57. The van der Waals surface area contributed by atoms with Crippen molar-refractivity contribution < 1.29 is 19.4 Å². The van der Waals surface area contributed by atoms with E-state index in [2.05, 4.69) is 47.8 Å². The second-order valence-electron chi connectivity index (χ2n) is 4.62. The van der Waals surface area contributed by atoms with E-state index in [0.717, 1.165) is 4.47 Å². The van der Waals surface area contributed by atoms with Crippen molar-refractivity contribution >= 4 is 53.8 Å². The number of ether oxygens (including phenoxy) is 2. The Hall–Kier alpha value is -0.890. The van der Waals surface area contributed by atoms with Gasteiger partial charge in [0.05, 0.1) is 5.56 Å². The molecule has 0 heterocycles. The largest absolute Gasteiger partial charge is 0.491 e. The Balaban J connectivity index is 1.87. The van der Waals surface area contributed by atoms with Crippen LogP contribution in [0.25, 0.3) is 0 Å². The zero-order valence-corrected chi connectivity index (χ0v) is 16.6. The van der Waals surface area contributed by atoms with Crippen LogP contribution in [-0.4, -0.2) is 30.4 Å². The monoisotopic (exact) mass is 506 g/mol. The van der Waals surface area contributed by atoms with E-state index in [1.165, 1.54) is 0 Å². The number of halogens is 3. The van der Waals surface area contributed by atoms with Crippen LogP contribution >= 0.6 is 47.8 Å². The summed E-state index contributed by atoms with van der Waals surface area (Å²) in [4.78, 5) is 12.1. The van der Waals surface area contributed by atoms with Gasteiger partial charge in [0.15, 0.2) is 0 Å². The summed E-state index contributed by atoms with van der Waals surface area (Å²) in [5, 5.41) is 9.86. The van der Waals surface area contributed by atoms with Crippen molar-refractivity contribution in [3.05, 3.63) is 61.4 Å². The summed E-state index contributed by atoms with van der Waals surface area (Å²) in [7, 11) is 0. The van der Waals surface area contributed by atoms with Crippen molar-refractivity contribution in [3.63, 3.8) is 0 Å². The SMILES string of the molecule is O=C(OCC(O)COc1ccccc1)c1c(Br)cc(Br)cc1Br. The molecule has 4 nitrogen and oxygen atoms in total. The van der Waals surface area contributed by atoms with E-state index in [-0.39, 0.29) is 13.2 Å². The van der Waals surface area contributed by atoms with Crippen molar-refractivity contribution in [2.45, 2.75) is 6.10 Å². The maximum absolute atomic E-state index is 12.1. The van der Waals surface area contributed by atoms with Gasteiger partial charge in [-0.2, -0.15) is 0 Å². The summed E-state index contributed by atoms with van der Waals surface area (Å²) in [6.45, 7) is -0.111. The second kappa shape index (κ2) is 8.82. The van der Waals surface area contributed by atoms with Crippen molar-refractivity contribution in [1.82, 2.24) is 0 Å². The highest BCUT2D eigenvalue weighted by Crippen LogP contribution is 2.30. The number of carbonyl (C=O) groups excluding carboxylic acids is 1. The molecule has 0 spiro atoms. The normalized spacial score (nSPS) is 11.8. The number of aliphatic hydroxyl groups is 1. The summed E-state index contributed by atoms with van der Waals surface area (Å²) in [5.74, 6) is 0.117. The van der Waals surface area contributed by atoms with E-state index >= 15 is 0 Å². The molecule has 122 valence electrons. The molecule has 2 aromatic carbocycles. The first-order chi connectivity index (χ1) is 11.0. The summed E-state index contributed by atoms with van der Waals surface area (Å²) >= 11 is 9.97. The number of rotatable bonds is 6. The highest BCUT2D eigenvalue weighted by atomic mass is 79.9. The lowest BCUT2D eigenvalue weighted by molar-refractivity contribution is 0.0129. The van der Waals surface area contributed by atoms with Crippen molar-refractivity contribution in [1.29, 1.82) is 0 Å². The second-order valence-corrected chi connectivity index (χ2v) is 7.25. The molecule has 0 bridgehead atoms. The number of hydrogen-bond acceptors (Lipinski definition) is 4. The fourth-order valence-electron chi connectivity index (χ4n) is 1.74. The lowest BCUT2D eigenvalue weighted by Crippen LogP contribution is -2.25. The molecule has 1 N–H and O–H groups in total. The molecule has 0 saturated carbocycles. The van der Waals surface area contributed by atoms with Gasteiger partial charge in [-0.25, -0.2) is 4.79 Å². The minimum absolute atomic E-state index is 0.0416. The van der Waals surface area contributed by atoms with E-state index in [4.69, 9.17) is 9.47 Å². The minimum atomic E-state index is -0.910. The Morgan fingerprint density at radius 3 is 2.26 bits per heavy atom. The van der Waals surface area contributed by atoms with Crippen LogP contribution in [0.4, 0.5) is 0 Å². The van der Waals surface area contributed by atoms with Crippen LogP contribution in [0.1, 0.15) is 10.4 Å². The van der Waals surface area contributed by atoms with Crippen molar-refractivity contribution in [2.24, 2.45) is 0 Å². The van der Waals surface area contributed by atoms with Gasteiger partial charge < -0.3 is 14.6 Å². The van der Waals surface area contributed by atoms with Crippen LogP contribution in [0.15, 0.2) is 55.9 Å². The number of para-hydroxylation sites is 1. The minimum Gasteiger partial charge on any atom is -0.491 e. The average Bonchev–Trinajstić information content (AvgIpc) is 2.51. The van der Waals surface area contributed by atoms with E-state index in [1.54, 1.807) is 24.3 Å². The van der Waals surface area contributed by atoms with E-state index in [0.29, 0.717) is 20.3 Å². The zero-order valence-electron chi connectivity index (χ0n) is 11.8. The maximum atomic E-state index is 12.1. The predicted molar refractivity (Wildman–Crippen MR) is 97.8 cm³/mol. The Labute approximate surface area is 159 Å². The first kappa shape index (κ1) is 18.4. The van der Waals surface area contributed by atoms with Crippen LogP contribution in [0.3, 0.4) is 0 Å². The van der Waals surface area contributed by atoms with Gasteiger partial charge in [0, 0.05) is 13.4 Å². The Kier molecular flexibility index (Phi) is 7.08. The van der Waals surface area contributed by atoms with Gasteiger partial charge in [0.1, 0.15) is 25.1 Å². The van der Waals surface area contributed by atoms with Gasteiger partial charge in [0.2, 0.25) is 0 Å². The summed E-state index contributed by atoms with van der Waals surface area (Å²) in [5.41, 5.74) is 0.365. The topological polar surface area (TPSA) is 55.8 Å². The van der Waals surface area contributed by atoms with Crippen LogP contribution in [0.2, 0.25) is 0 Å². The highest BCUT2D eigenvalue weighted by molar-refractivity contribution is 9.11. The third-order valence-corrected chi connectivity index (χ3v) is 4.51. The third-order valence-electron chi connectivity index (χ3n) is 2.80. The number of benzene rings is 2. The smallest absolute Gasteiger partial charge is 0.340 e. The van der Waals surface area contributed by atoms with E-state index < -0.39 is 12.1 Å². The third kappa shape index (κ3) is 5.60. The van der Waals surface area contributed by atoms with Crippen LogP contribution in [-0.2, 0) is 4.74 Å². The maximum Gasteiger partial charge on any atom is 0.340 e. The Bertz CT molecular complexity index is 653. The number of hydrogen-bond donors (Lipinski definition) is 1. The number of esters is 1. The molecule has 1 unspecified atom stereocenters. The average molecular weight is 509 g/mol. The van der Waals surface area contributed by atoms with E-state index in [1.807, 2.05) is 18.2 Å². The van der Waals surface area contributed by atoms with Gasteiger partial charge >= 0.3 is 5.97 Å². The molecule has 0 saturated heterocycles. The number of carbonyl (C=O) groups is 1. The molecule has 2 aromatic rings. The fraction of sp³-hybridized carbons (Fsp3) is 0.188. The van der Waals surface area contributed by atoms with E-state index in [9.17, 15) is 9.90 Å². The molecule has 0 aromatic heterocycles. The molecule has 0 fully saturated rings. The highest BCUT2D eigenvalue weighted by Gasteiger charge is 2.18. The molecule has 0 aliphatic carbocycles. The molecule has 0 amide bonds. The summed E-state index contributed by atoms with van der Waals surface area (Å²) < 4.78 is 12.6. The van der Waals surface area contributed by atoms with Crippen LogP contribution in [0.5, 0.6) is 5.75 Å². The van der Waals surface area contributed by atoms with Gasteiger partial charge in [-0.05, 0) is 56.1 Å². The molecule has 1 atom stereocenters. The lowest BCUT2D eigenvalue weighted by atomic mass is 10.2. The Morgan fingerprint density at radius 1 is 1.04 bits per heavy atom. The number of aliphatic hydroxyl groups excluding tert-OH is 1. The molecule has 0 radical (unpaired) electrons. The molecule has 0 aliphatic heterocycles. The Morgan fingerprint density at radius 2 is 1.65 bits per heavy atom. The van der Waals surface area contributed by atoms with Crippen molar-refractivity contribution in [2.75, 3.05) is 13.2 Å². The van der Waals surface area contributed by atoms with Crippen LogP contribution in [0, 0.1) is 0 Å². The molecule has 7 heteroatoms. The summed E-state index contributed by atoms with van der Waals surface area (Å²) in [6.07, 6.45) is -0.910. The molecule has 23 heavy (non-hydrogen) atoms. The van der Waals surface area contributed by atoms with Gasteiger partial charge in [-0.3, -0.25) is 0 Å². The fourth-order valence-corrected chi connectivity index (χ4v) is 4.32.